The van der Waals surface area contributed by atoms with E-state index < -0.39 is 11.6 Å². The Kier molecular flexibility index (Phi) is 8.15. The van der Waals surface area contributed by atoms with Gasteiger partial charge in [0.1, 0.15) is 0 Å². The fourth-order valence-corrected chi connectivity index (χ4v) is 5.72. The van der Waals surface area contributed by atoms with Crippen LogP contribution in [0.2, 0.25) is 0 Å². The Labute approximate surface area is 165 Å². The van der Waals surface area contributed by atoms with Gasteiger partial charge in [-0.2, -0.15) is 0 Å². The maximum atomic E-state index is 14.1. The van der Waals surface area contributed by atoms with Crippen LogP contribution in [0.15, 0.2) is 18.2 Å². The smallest absolute Gasteiger partial charge is 0.162 e. The van der Waals surface area contributed by atoms with Gasteiger partial charge >= 0.3 is 0 Å². The van der Waals surface area contributed by atoms with Crippen molar-refractivity contribution in [2.24, 2.45) is 17.8 Å². The Hall–Kier alpha value is -0.920. The lowest BCUT2D eigenvalue weighted by Gasteiger charge is -2.38. The second-order valence-corrected chi connectivity index (χ2v) is 9.24. The Morgan fingerprint density at radius 3 is 2.07 bits per heavy atom. The third kappa shape index (κ3) is 5.78. The highest BCUT2D eigenvalue weighted by Gasteiger charge is 2.32. The predicted octanol–water partition coefficient (Wildman–Crippen LogP) is 8.41. The van der Waals surface area contributed by atoms with Gasteiger partial charge in [-0.25, -0.2) is 8.78 Å². The lowest BCUT2D eigenvalue weighted by Crippen LogP contribution is -2.25. The molecule has 0 bridgehead atoms. The average Bonchev–Trinajstić information content (AvgIpc) is 2.71. The molecule has 0 radical (unpaired) electrons. The van der Waals surface area contributed by atoms with Crippen LogP contribution >= 0.6 is 0 Å². The summed E-state index contributed by atoms with van der Waals surface area (Å²) in [5.74, 6) is 1.60. The van der Waals surface area contributed by atoms with E-state index in [0.29, 0.717) is 5.56 Å². The SMILES string of the molecule is CCCCCCC[C@H]1CC[C@H]([C@H]2CC[C@H](c3cccc(F)c3F)CC2)CC1. The van der Waals surface area contributed by atoms with Crippen LogP contribution in [0.5, 0.6) is 0 Å². The van der Waals surface area contributed by atoms with Crippen molar-refractivity contribution >= 4 is 0 Å². The van der Waals surface area contributed by atoms with Gasteiger partial charge in [0.15, 0.2) is 11.6 Å². The van der Waals surface area contributed by atoms with E-state index in [4.69, 9.17) is 0 Å². The number of benzene rings is 1. The van der Waals surface area contributed by atoms with Crippen LogP contribution in [-0.4, -0.2) is 0 Å². The zero-order chi connectivity index (χ0) is 19.1. The molecule has 27 heavy (non-hydrogen) atoms. The van der Waals surface area contributed by atoms with Gasteiger partial charge in [-0.05, 0) is 73.8 Å². The Morgan fingerprint density at radius 2 is 1.41 bits per heavy atom. The summed E-state index contributed by atoms with van der Waals surface area (Å²) >= 11 is 0. The van der Waals surface area contributed by atoms with Crippen molar-refractivity contribution in [2.45, 2.75) is 103 Å². The van der Waals surface area contributed by atoms with Crippen molar-refractivity contribution in [2.75, 3.05) is 0 Å². The molecule has 2 heteroatoms. The highest BCUT2D eigenvalue weighted by molar-refractivity contribution is 5.23. The van der Waals surface area contributed by atoms with Crippen LogP contribution in [0.3, 0.4) is 0 Å². The molecular weight excluding hydrogens is 338 g/mol. The molecule has 1 aromatic carbocycles. The van der Waals surface area contributed by atoms with Crippen molar-refractivity contribution in [1.82, 2.24) is 0 Å². The van der Waals surface area contributed by atoms with Crippen molar-refractivity contribution < 1.29 is 8.78 Å². The molecule has 0 aliphatic heterocycles. The molecule has 0 aromatic heterocycles. The van der Waals surface area contributed by atoms with Crippen molar-refractivity contribution in [3.05, 3.63) is 35.4 Å². The number of rotatable bonds is 8. The van der Waals surface area contributed by atoms with E-state index >= 15 is 0 Å². The first-order valence-corrected chi connectivity index (χ1v) is 11.6. The Morgan fingerprint density at radius 1 is 0.778 bits per heavy atom. The number of hydrogen-bond donors (Lipinski definition) is 0. The summed E-state index contributed by atoms with van der Waals surface area (Å²) in [6, 6.07) is 4.67. The minimum absolute atomic E-state index is 0.219. The van der Waals surface area contributed by atoms with Gasteiger partial charge in [0, 0.05) is 0 Å². The van der Waals surface area contributed by atoms with Crippen LogP contribution < -0.4 is 0 Å². The molecule has 3 rings (SSSR count). The fourth-order valence-electron chi connectivity index (χ4n) is 5.72. The van der Waals surface area contributed by atoms with Gasteiger partial charge in [-0.15, -0.1) is 0 Å². The summed E-state index contributed by atoms with van der Waals surface area (Å²) in [5, 5.41) is 0. The first-order chi connectivity index (χ1) is 13.2. The molecule has 152 valence electrons. The minimum atomic E-state index is -0.692. The topological polar surface area (TPSA) is 0 Å². The Balaban J connectivity index is 1.38. The number of halogens is 2. The zero-order valence-corrected chi connectivity index (χ0v) is 17.2. The quantitative estimate of drug-likeness (QED) is 0.399. The third-order valence-corrected chi connectivity index (χ3v) is 7.47. The monoisotopic (exact) mass is 376 g/mol. The van der Waals surface area contributed by atoms with Crippen LogP contribution in [-0.2, 0) is 0 Å². The normalized spacial score (nSPS) is 29.0. The van der Waals surface area contributed by atoms with Crippen LogP contribution in [0.1, 0.15) is 108 Å². The summed E-state index contributed by atoms with van der Waals surface area (Å²) in [4.78, 5) is 0. The average molecular weight is 377 g/mol. The van der Waals surface area contributed by atoms with Crippen LogP contribution in [0, 0.1) is 29.4 Å². The number of hydrogen-bond acceptors (Lipinski definition) is 0. The summed E-state index contributed by atoms with van der Waals surface area (Å²) in [6.07, 6.45) is 18.6. The summed E-state index contributed by atoms with van der Waals surface area (Å²) in [5.41, 5.74) is 0.611. The van der Waals surface area contributed by atoms with E-state index in [1.807, 2.05) is 0 Å². The molecule has 0 saturated heterocycles. The van der Waals surface area contributed by atoms with Crippen LogP contribution in [0.25, 0.3) is 0 Å². The lowest BCUT2D eigenvalue weighted by molar-refractivity contribution is 0.155. The maximum Gasteiger partial charge on any atom is 0.162 e. The van der Waals surface area contributed by atoms with Gasteiger partial charge < -0.3 is 0 Å². The summed E-state index contributed by atoms with van der Waals surface area (Å²) in [7, 11) is 0. The standard InChI is InChI=1S/C25H38F2/c1-2-3-4-5-6-8-19-11-13-20(14-12-19)21-15-17-22(18-16-21)23-9-7-10-24(26)25(23)27/h7,9-10,19-22H,2-6,8,11-18H2,1H3/t19-,20-,21-,22-. The molecule has 0 unspecified atom stereocenters. The van der Waals surface area contributed by atoms with E-state index in [1.54, 1.807) is 12.1 Å². The highest BCUT2D eigenvalue weighted by Crippen LogP contribution is 2.45. The zero-order valence-electron chi connectivity index (χ0n) is 17.2. The third-order valence-electron chi connectivity index (χ3n) is 7.47. The molecule has 2 aliphatic rings. The first kappa shape index (κ1) is 20.8. The molecule has 0 amide bonds. The molecule has 2 saturated carbocycles. The lowest BCUT2D eigenvalue weighted by atomic mass is 9.68. The molecular formula is C25H38F2. The van der Waals surface area contributed by atoms with Crippen molar-refractivity contribution in [3.63, 3.8) is 0 Å². The molecule has 2 fully saturated rings. The van der Waals surface area contributed by atoms with Gasteiger partial charge in [-0.3, -0.25) is 0 Å². The first-order valence-electron chi connectivity index (χ1n) is 11.6. The Bertz CT molecular complexity index is 551. The molecule has 1 aromatic rings. The van der Waals surface area contributed by atoms with Crippen molar-refractivity contribution in [3.8, 4) is 0 Å². The molecule has 0 N–H and O–H groups in total. The van der Waals surface area contributed by atoms with Crippen molar-refractivity contribution in [1.29, 1.82) is 0 Å². The molecule has 2 aliphatic carbocycles. The van der Waals surface area contributed by atoms with Gasteiger partial charge in [0.2, 0.25) is 0 Å². The largest absolute Gasteiger partial charge is 0.204 e. The van der Waals surface area contributed by atoms with Gasteiger partial charge in [-0.1, -0.05) is 70.4 Å². The molecule has 0 spiro atoms. The van der Waals surface area contributed by atoms with E-state index in [-0.39, 0.29) is 5.92 Å². The van der Waals surface area contributed by atoms with Gasteiger partial charge in [0.25, 0.3) is 0 Å². The molecule has 0 heterocycles. The van der Waals surface area contributed by atoms with E-state index in [2.05, 4.69) is 6.92 Å². The maximum absolute atomic E-state index is 14.1. The second kappa shape index (κ2) is 10.6. The molecule has 0 atom stereocenters. The second-order valence-electron chi connectivity index (χ2n) is 9.24. The number of unbranched alkanes of at least 4 members (excludes halogenated alkanes) is 4. The van der Waals surface area contributed by atoms with E-state index in [0.717, 1.165) is 30.6 Å². The van der Waals surface area contributed by atoms with Crippen LogP contribution in [0.4, 0.5) is 8.78 Å². The fraction of sp³-hybridized carbons (Fsp3) is 0.760. The predicted molar refractivity (Wildman–Crippen MR) is 110 cm³/mol. The molecule has 0 nitrogen and oxygen atoms in total. The van der Waals surface area contributed by atoms with E-state index in [9.17, 15) is 8.78 Å². The van der Waals surface area contributed by atoms with E-state index in [1.165, 1.54) is 83.1 Å². The highest BCUT2D eigenvalue weighted by atomic mass is 19.2. The summed E-state index contributed by atoms with van der Waals surface area (Å²) in [6.45, 7) is 2.28. The summed E-state index contributed by atoms with van der Waals surface area (Å²) < 4.78 is 27.6. The van der Waals surface area contributed by atoms with Gasteiger partial charge in [0.05, 0.1) is 0 Å². The minimum Gasteiger partial charge on any atom is -0.204 e.